The number of hydrogen-bond donors (Lipinski definition) is 1. The average Bonchev–Trinajstić information content (AvgIpc) is 2.88. The lowest BCUT2D eigenvalue weighted by molar-refractivity contribution is 0.0532. The summed E-state index contributed by atoms with van der Waals surface area (Å²) in [7, 11) is 1.57. The molecule has 3 aromatic rings. The van der Waals surface area contributed by atoms with Gasteiger partial charge in [-0.15, -0.1) is 0 Å². The number of benzene rings is 3. The first kappa shape index (κ1) is 24.4. The minimum absolute atomic E-state index is 0.00492. The third kappa shape index (κ3) is 6.85. The molecule has 3 aromatic carbocycles. The molecule has 33 heavy (non-hydrogen) atoms. The fraction of sp³-hybridized carbons (Fsp3) is 0.286. The highest BCUT2D eigenvalue weighted by atomic mass is 16.5. The van der Waals surface area contributed by atoms with Crippen LogP contribution in [-0.4, -0.2) is 47.8 Å². The molecule has 5 heteroatoms. The number of aliphatic hydroxyl groups is 1. The zero-order chi connectivity index (χ0) is 23.6. The van der Waals surface area contributed by atoms with Crippen LogP contribution < -0.4 is 4.74 Å². The lowest BCUT2D eigenvalue weighted by Gasteiger charge is -2.32. The molecule has 5 nitrogen and oxygen atoms in total. The molecule has 0 fully saturated rings. The van der Waals surface area contributed by atoms with Gasteiger partial charge in [-0.25, -0.2) is 0 Å². The van der Waals surface area contributed by atoms with E-state index in [1.165, 1.54) is 0 Å². The molecule has 0 saturated heterocycles. The lowest BCUT2D eigenvalue weighted by Crippen LogP contribution is -2.40. The number of carbonyl (C=O) groups is 2. The third-order valence-electron chi connectivity index (χ3n) is 5.91. The maximum Gasteiger partial charge on any atom is 0.164 e. The van der Waals surface area contributed by atoms with E-state index in [4.69, 9.17) is 4.74 Å². The summed E-state index contributed by atoms with van der Waals surface area (Å²) in [6, 6.07) is 25.5. The summed E-state index contributed by atoms with van der Waals surface area (Å²) in [5.41, 5.74) is 2.07. The highest BCUT2D eigenvalue weighted by Crippen LogP contribution is 2.22. The number of methoxy groups -OCH3 is 1. The second kappa shape index (κ2) is 12.1. The van der Waals surface area contributed by atoms with Gasteiger partial charge >= 0.3 is 0 Å². The van der Waals surface area contributed by atoms with Crippen molar-refractivity contribution in [3.8, 4) is 5.75 Å². The van der Waals surface area contributed by atoms with Crippen molar-refractivity contribution in [1.29, 1.82) is 0 Å². The van der Waals surface area contributed by atoms with Crippen LogP contribution >= 0.6 is 0 Å². The van der Waals surface area contributed by atoms with E-state index in [0.29, 0.717) is 36.4 Å². The largest absolute Gasteiger partial charge is 0.497 e. The van der Waals surface area contributed by atoms with Gasteiger partial charge in [0.2, 0.25) is 0 Å². The van der Waals surface area contributed by atoms with Crippen LogP contribution in [0.3, 0.4) is 0 Å². The maximum atomic E-state index is 12.8. The van der Waals surface area contributed by atoms with Crippen LogP contribution in [0, 0.1) is 0 Å². The molecule has 0 amide bonds. The number of rotatable bonds is 12. The van der Waals surface area contributed by atoms with Crippen molar-refractivity contribution in [2.75, 3.05) is 20.2 Å². The number of Topliss-reactive ketones (excluding diaryl/α,β-unsaturated/α-hetero) is 2. The second-order valence-electron chi connectivity index (χ2n) is 8.08. The van der Waals surface area contributed by atoms with Gasteiger partial charge in [-0.2, -0.15) is 0 Å². The van der Waals surface area contributed by atoms with Crippen molar-refractivity contribution < 1.29 is 19.4 Å². The Morgan fingerprint density at radius 1 is 0.818 bits per heavy atom. The lowest BCUT2D eigenvalue weighted by atomic mass is 10.0. The molecule has 0 bridgehead atoms. The van der Waals surface area contributed by atoms with Gasteiger partial charge in [-0.05, 0) is 24.6 Å². The fourth-order valence-electron chi connectivity index (χ4n) is 3.85. The van der Waals surface area contributed by atoms with Gasteiger partial charge < -0.3 is 9.84 Å². The minimum Gasteiger partial charge on any atom is -0.497 e. The number of ketones is 2. The Hall–Kier alpha value is -3.28. The van der Waals surface area contributed by atoms with Crippen LogP contribution in [0.25, 0.3) is 0 Å². The molecule has 0 aliphatic rings. The zero-order valence-corrected chi connectivity index (χ0v) is 19.2. The fourth-order valence-corrected chi connectivity index (χ4v) is 3.85. The number of ether oxygens (including phenoxy) is 1. The van der Waals surface area contributed by atoms with Gasteiger partial charge in [0, 0.05) is 43.1 Å². The van der Waals surface area contributed by atoms with E-state index in [1.807, 2.05) is 60.4 Å². The van der Waals surface area contributed by atoms with Crippen LogP contribution in [0.2, 0.25) is 0 Å². The Balaban J connectivity index is 1.71. The maximum absolute atomic E-state index is 12.8. The van der Waals surface area contributed by atoms with Gasteiger partial charge in [0.1, 0.15) is 5.75 Å². The normalized spacial score (nSPS) is 12.8. The average molecular weight is 446 g/mol. The van der Waals surface area contributed by atoms with E-state index in [0.717, 1.165) is 5.56 Å². The number of aliphatic hydroxyl groups excluding tert-OH is 1. The monoisotopic (exact) mass is 445 g/mol. The molecule has 172 valence electrons. The molecule has 0 spiro atoms. The molecule has 0 aliphatic heterocycles. The van der Waals surface area contributed by atoms with Crippen LogP contribution in [0.5, 0.6) is 5.75 Å². The van der Waals surface area contributed by atoms with Crippen LogP contribution in [0.15, 0.2) is 84.9 Å². The Labute approximate surface area is 195 Å². The van der Waals surface area contributed by atoms with Crippen molar-refractivity contribution in [2.45, 2.75) is 31.9 Å². The van der Waals surface area contributed by atoms with E-state index >= 15 is 0 Å². The predicted octanol–water partition coefficient (Wildman–Crippen LogP) is 4.97. The first-order valence-electron chi connectivity index (χ1n) is 11.2. The molecular weight excluding hydrogens is 414 g/mol. The quantitative estimate of drug-likeness (QED) is 0.399. The molecule has 2 atom stereocenters. The molecule has 1 N–H and O–H groups in total. The molecule has 0 aromatic heterocycles. The summed E-state index contributed by atoms with van der Waals surface area (Å²) < 4.78 is 5.22. The van der Waals surface area contributed by atoms with Crippen molar-refractivity contribution in [1.82, 2.24) is 4.90 Å². The Morgan fingerprint density at radius 3 is 1.97 bits per heavy atom. The van der Waals surface area contributed by atoms with E-state index in [2.05, 4.69) is 0 Å². The zero-order valence-electron chi connectivity index (χ0n) is 19.2. The second-order valence-corrected chi connectivity index (χ2v) is 8.08. The minimum atomic E-state index is -0.732. The summed E-state index contributed by atoms with van der Waals surface area (Å²) in [5.74, 6) is 0.676. The first-order chi connectivity index (χ1) is 16.0. The molecular formula is C28H31NO4. The van der Waals surface area contributed by atoms with E-state index in [9.17, 15) is 14.7 Å². The molecule has 3 rings (SSSR count). The number of hydrogen-bond acceptors (Lipinski definition) is 5. The summed E-state index contributed by atoms with van der Waals surface area (Å²) in [6.45, 7) is 2.81. The molecule has 0 aliphatic carbocycles. The highest BCUT2D eigenvalue weighted by Gasteiger charge is 2.24. The molecule has 0 heterocycles. The number of nitrogens with zero attached hydrogens (tertiary/aromatic N) is 1. The van der Waals surface area contributed by atoms with Crippen molar-refractivity contribution in [2.24, 2.45) is 0 Å². The highest BCUT2D eigenvalue weighted by molar-refractivity contribution is 5.97. The summed E-state index contributed by atoms with van der Waals surface area (Å²) in [6.07, 6.45) is -0.146. The molecule has 0 saturated carbocycles. The summed E-state index contributed by atoms with van der Waals surface area (Å²) >= 11 is 0. The SMILES string of the molecule is COc1cccc(C(=O)CCN(CCC(=O)c2ccccc2)C(C)C(O)c2ccccc2)c1. The third-order valence-corrected chi connectivity index (χ3v) is 5.91. The van der Waals surface area contributed by atoms with Crippen molar-refractivity contribution in [3.05, 3.63) is 102 Å². The topological polar surface area (TPSA) is 66.8 Å². The van der Waals surface area contributed by atoms with E-state index in [1.54, 1.807) is 43.5 Å². The predicted molar refractivity (Wildman–Crippen MR) is 130 cm³/mol. The van der Waals surface area contributed by atoms with Gasteiger partial charge in [0.15, 0.2) is 11.6 Å². The van der Waals surface area contributed by atoms with Crippen LogP contribution in [0.4, 0.5) is 0 Å². The van der Waals surface area contributed by atoms with Crippen LogP contribution in [0.1, 0.15) is 52.1 Å². The van der Waals surface area contributed by atoms with Crippen LogP contribution in [-0.2, 0) is 0 Å². The molecule has 2 unspecified atom stereocenters. The van der Waals surface area contributed by atoms with Gasteiger partial charge in [0.05, 0.1) is 13.2 Å². The smallest absolute Gasteiger partial charge is 0.164 e. The standard InChI is InChI=1S/C28H31NO4/c1-21(28(32)23-12-7-4-8-13-23)29(18-16-26(30)22-10-5-3-6-11-22)19-17-27(31)24-14-9-15-25(20-24)33-2/h3-15,20-21,28,32H,16-19H2,1-2H3. The van der Waals surface area contributed by atoms with Crippen molar-refractivity contribution >= 4 is 11.6 Å². The first-order valence-corrected chi connectivity index (χ1v) is 11.2. The Morgan fingerprint density at radius 2 is 1.36 bits per heavy atom. The summed E-state index contributed by atoms with van der Waals surface area (Å²) in [4.78, 5) is 27.5. The van der Waals surface area contributed by atoms with Crippen molar-refractivity contribution in [3.63, 3.8) is 0 Å². The Bertz CT molecular complexity index is 1040. The van der Waals surface area contributed by atoms with E-state index < -0.39 is 6.10 Å². The van der Waals surface area contributed by atoms with E-state index in [-0.39, 0.29) is 24.0 Å². The van der Waals surface area contributed by atoms with Gasteiger partial charge in [0.25, 0.3) is 0 Å². The Kier molecular flexibility index (Phi) is 8.93. The summed E-state index contributed by atoms with van der Waals surface area (Å²) in [5, 5.41) is 11.0. The van der Waals surface area contributed by atoms with Gasteiger partial charge in [-0.3, -0.25) is 14.5 Å². The number of carbonyl (C=O) groups excluding carboxylic acids is 2. The van der Waals surface area contributed by atoms with Gasteiger partial charge in [-0.1, -0.05) is 72.8 Å². The molecule has 0 radical (unpaired) electrons.